The Morgan fingerprint density at radius 3 is 2.36 bits per heavy atom. The molecule has 2 atom stereocenters. The number of ether oxygens (including phenoxy) is 1. The summed E-state index contributed by atoms with van der Waals surface area (Å²) in [6.07, 6.45) is 0.219. The van der Waals surface area contributed by atoms with Crippen molar-refractivity contribution in [3.63, 3.8) is 0 Å². The van der Waals surface area contributed by atoms with Crippen molar-refractivity contribution in [1.82, 2.24) is 4.90 Å². The maximum absolute atomic E-state index is 12.8. The third-order valence-corrected chi connectivity index (χ3v) is 4.70. The molecule has 1 N–H and O–H groups in total. The molecular formula is C20H22N2O3. The molecule has 25 heavy (non-hydrogen) atoms. The van der Waals surface area contributed by atoms with Crippen molar-refractivity contribution in [1.29, 1.82) is 0 Å². The number of nitrogens with zero attached hydrogens (tertiary/aromatic N) is 1. The van der Waals surface area contributed by atoms with Gasteiger partial charge in [-0.15, -0.1) is 0 Å². The molecule has 5 heteroatoms. The van der Waals surface area contributed by atoms with E-state index in [1.165, 1.54) is 0 Å². The fraction of sp³-hybridized carbons (Fsp3) is 0.300. The quantitative estimate of drug-likeness (QED) is 0.931. The summed E-state index contributed by atoms with van der Waals surface area (Å²) in [6, 6.07) is 14.9. The van der Waals surface area contributed by atoms with Crippen LogP contribution >= 0.6 is 0 Å². The van der Waals surface area contributed by atoms with E-state index < -0.39 is 5.92 Å². The van der Waals surface area contributed by atoms with E-state index in [0.29, 0.717) is 5.69 Å². The summed E-state index contributed by atoms with van der Waals surface area (Å²) in [6.45, 7) is 2.02. The van der Waals surface area contributed by atoms with Crippen molar-refractivity contribution in [2.45, 2.75) is 19.4 Å². The van der Waals surface area contributed by atoms with Gasteiger partial charge in [-0.25, -0.2) is 0 Å². The van der Waals surface area contributed by atoms with Gasteiger partial charge in [-0.3, -0.25) is 9.59 Å². The minimum absolute atomic E-state index is 0.0135. The van der Waals surface area contributed by atoms with Crippen LogP contribution in [0.4, 0.5) is 5.69 Å². The summed E-state index contributed by atoms with van der Waals surface area (Å²) >= 11 is 0. The molecule has 2 aromatic carbocycles. The molecule has 2 amide bonds. The fourth-order valence-corrected chi connectivity index (χ4v) is 3.23. The van der Waals surface area contributed by atoms with Crippen LogP contribution in [0.25, 0.3) is 0 Å². The Kier molecular flexibility index (Phi) is 4.74. The third-order valence-electron chi connectivity index (χ3n) is 4.70. The third kappa shape index (κ3) is 3.50. The van der Waals surface area contributed by atoms with Crippen LogP contribution in [-0.2, 0) is 9.59 Å². The first kappa shape index (κ1) is 17.0. The number of anilines is 1. The molecular weight excluding hydrogens is 316 g/mol. The zero-order valence-corrected chi connectivity index (χ0v) is 14.7. The van der Waals surface area contributed by atoms with Gasteiger partial charge in [0.2, 0.25) is 11.8 Å². The lowest BCUT2D eigenvalue weighted by atomic mass is 9.92. The lowest BCUT2D eigenvalue weighted by Crippen LogP contribution is -2.30. The molecule has 0 bridgehead atoms. The number of hydrogen-bond donors (Lipinski definition) is 1. The summed E-state index contributed by atoms with van der Waals surface area (Å²) in [7, 11) is 3.35. The number of benzene rings is 2. The molecule has 0 saturated carbocycles. The van der Waals surface area contributed by atoms with E-state index in [1.54, 1.807) is 43.3 Å². The largest absolute Gasteiger partial charge is 0.497 e. The van der Waals surface area contributed by atoms with Crippen LogP contribution < -0.4 is 10.1 Å². The summed E-state index contributed by atoms with van der Waals surface area (Å²) in [4.78, 5) is 26.7. The van der Waals surface area contributed by atoms with Gasteiger partial charge < -0.3 is 15.0 Å². The van der Waals surface area contributed by atoms with Gasteiger partial charge in [0, 0.05) is 19.2 Å². The van der Waals surface area contributed by atoms with Crippen LogP contribution in [0.5, 0.6) is 5.75 Å². The van der Waals surface area contributed by atoms with Gasteiger partial charge in [-0.05, 0) is 36.8 Å². The van der Waals surface area contributed by atoms with Crippen LogP contribution in [-0.4, -0.2) is 30.9 Å². The number of amides is 2. The van der Waals surface area contributed by atoms with E-state index in [-0.39, 0.29) is 24.3 Å². The maximum atomic E-state index is 12.8. The van der Waals surface area contributed by atoms with Gasteiger partial charge in [-0.2, -0.15) is 0 Å². The van der Waals surface area contributed by atoms with Crippen molar-refractivity contribution in [2.75, 3.05) is 19.5 Å². The summed E-state index contributed by atoms with van der Waals surface area (Å²) in [5, 5.41) is 2.91. The highest BCUT2D eigenvalue weighted by Crippen LogP contribution is 2.37. The van der Waals surface area contributed by atoms with Crippen LogP contribution in [0.15, 0.2) is 48.5 Å². The SMILES string of the molecule is COc1ccc(NC(=O)[C@@H]2CC(=O)N(C)[C@H]2c2ccc(C)cc2)cc1. The molecule has 3 rings (SSSR count). The van der Waals surface area contributed by atoms with Crippen molar-refractivity contribution in [2.24, 2.45) is 5.92 Å². The predicted molar refractivity (Wildman–Crippen MR) is 96.4 cm³/mol. The minimum atomic E-state index is -0.415. The molecule has 5 nitrogen and oxygen atoms in total. The molecule has 0 aromatic heterocycles. The highest BCUT2D eigenvalue weighted by atomic mass is 16.5. The summed E-state index contributed by atoms with van der Waals surface area (Å²) < 4.78 is 5.12. The minimum Gasteiger partial charge on any atom is -0.497 e. The Bertz CT molecular complexity index is 769. The van der Waals surface area contributed by atoms with Gasteiger partial charge >= 0.3 is 0 Å². The van der Waals surface area contributed by atoms with Gasteiger partial charge in [0.25, 0.3) is 0 Å². The van der Waals surface area contributed by atoms with Gasteiger partial charge in [0.1, 0.15) is 5.75 Å². The first-order valence-electron chi connectivity index (χ1n) is 8.26. The molecule has 1 aliphatic rings. The van der Waals surface area contributed by atoms with Crippen LogP contribution in [0.2, 0.25) is 0 Å². The van der Waals surface area contributed by atoms with E-state index in [4.69, 9.17) is 4.74 Å². The molecule has 1 aliphatic heterocycles. The molecule has 0 radical (unpaired) electrons. The zero-order chi connectivity index (χ0) is 18.0. The number of carbonyl (C=O) groups is 2. The normalized spacial score (nSPS) is 19.8. The second kappa shape index (κ2) is 6.97. The zero-order valence-electron chi connectivity index (χ0n) is 14.7. The van der Waals surface area contributed by atoms with Crippen molar-refractivity contribution >= 4 is 17.5 Å². The second-order valence-corrected chi connectivity index (χ2v) is 6.39. The number of hydrogen-bond acceptors (Lipinski definition) is 3. The average molecular weight is 338 g/mol. The average Bonchev–Trinajstić information content (AvgIpc) is 2.92. The molecule has 0 spiro atoms. The summed E-state index contributed by atoms with van der Waals surface area (Å²) in [5.41, 5.74) is 2.82. The highest BCUT2D eigenvalue weighted by Gasteiger charge is 2.42. The van der Waals surface area contributed by atoms with E-state index in [2.05, 4.69) is 5.32 Å². The Balaban J connectivity index is 1.81. The molecule has 0 aliphatic carbocycles. The number of carbonyl (C=O) groups excluding carboxylic acids is 2. The number of likely N-dealkylation sites (tertiary alicyclic amines) is 1. The maximum Gasteiger partial charge on any atom is 0.230 e. The Morgan fingerprint density at radius 1 is 1.12 bits per heavy atom. The molecule has 130 valence electrons. The topological polar surface area (TPSA) is 58.6 Å². The number of rotatable bonds is 4. The second-order valence-electron chi connectivity index (χ2n) is 6.39. The van der Waals surface area contributed by atoms with Crippen LogP contribution in [0, 0.1) is 12.8 Å². The summed E-state index contributed by atoms with van der Waals surface area (Å²) in [5.74, 6) is 0.155. The predicted octanol–water partition coefficient (Wildman–Crippen LogP) is 3.16. The Morgan fingerprint density at radius 2 is 1.76 bits per heavy atom. The first-order valence-corrected chi connectivity index (χ1v) is 8.26. The number of methoxy groups -OCH3 is 1. The van der Waals surface area contributed by atoms with E-state index >= 15 is 0 Å². The lowest BCUT2D eigenvalue weighted by molar-refractivity contribution is -0.127. The van der Waals surface area contributed by atoms with E-state index in [0.717, 1.165) is 16.9 Å². The lowest BCUT2D eigenvalue weighted by Gasteiger charge is -2.25. The first-order chi connectivity index (χ1) is 12.0. The van der Waals surface area contributed by atoms with Gasteiger partial charge in [-0.1, -0.05) is 29.8 Å². The molecule has 1 fully saturated rings. The van der Waals surface area contributed by atoms with Crippen molar-refractivity contribution < 1.29 is 14.3 Å². The van der Waals surface area contributed by atoms with Gasteiger partial charge in [0.05, 0.1) is 19.1 Å². The molecule has 1 heterocycles. The van der Waals surface area contributed by atoms with Gasteiger partial charge in [0.15, 0.2) is 0 Å². The molecule has 0 unspecified atom stereocenters. The van der Waals surface area contributed by atoms with Crippen molar-refractivity contribution in [3.8, 4) is 5.75 Å². The number of nitrogens with one attached hydrogen (secondary N) is 1. The molecule has 1 saturated heterocycles. The van der Waals surface area contributed by atoms with Crippen LogP contribution in [0.3, 0.4) is 0 Å². The van der Waals surface area contributed by atoms with Crippen molar-refractivity contribution in [3.05, 3.63) is 59.7 Å². The van der Waals surface area contributed by atoms with Crippen LogP contribution in [0.1, 0.15) is 23.6 Å². The monoisotopic (exact) mass is 338 g/mol. The molecule has 2 aromatic rings. The van der Waals surface area contributed by atoms with E-state index in [9.17, 15) is 9.59 Å². The highest BCUT2D eigenvalue weighted by molar-refractivity contribution is 5.98. The number of aryl methyl sites for hydroxylation is 1. The standard InChI is InChI=1S/C20H22N2O3/c1-13-4-6-14(7-5-13)19-17(12-18(23)22(19)2)20(24)21-15-8-10-16(25-3)11-9-15/h4-11,17,19H,12H2,1-3H3,(H,21,24)/t17-,19+/m1/s1. The van der Waals surface area contributed by atoms with E-state index in [1.807, 2.05) is 31.2 Å². The Labute approximate surface area is 147 Å². The smallest absolute Gasteiger partial charge is 0.230 e. The fourth-order valence-electron chi connectivity index (χ4n) is 3.23. The Hall–Kier alpha value is -2.82.